The summed E-state index contributed by atoms with van der Waals surface area (Å²) in [7, 11) is -3.60. The van der Waals surface area contributed by atoms with E-state index in [4.69, 9.17) is 9.26 Å². The van der Waals surface area contributed by atoms with Gasteiger partial charge in [0.1, 0.15) is 6.04 Å². The van der Waals surface area contributed by atoms with Gasteiger partial charge in [0.05, 0.1) is 18.1 Å². The molecule has 0 spiro atoms. The van der Waals surface area contributed by atoms with Crippen molar-refractivity contribution in [3.8, 4) is 0 Å². The van der Waals surface area contributed by atoms with E-state index >= 15 is 0 Å². The molecule has 1 N–H and O–H groups in total. The summed E-state index contributed by atoms with van der Waals surface area (Å²) >= 11 is 0. The highest BCUT2D eigenvalue weighted by Crippen LogP contribution is 2.38. The van der Waals surface area contributed by atoms with E-state index < -0.39 is 16.1 Å². The van der Waals surface area contributed by atoms with Gasteiger partial charge in [0.25, 0.3) is 5.91 Å². The molecule has 1 unspecified atom stereocenters. The van der Waals surface area contributed by atoms with E-state index in [0.717, 1.165) is 12.8 Å². The number of rotatable bonds is 7. The topological polar surface area (TPSA) is 115 Å². The molecule has 0 radical (unpaired) electrons. The summed E-state index contributed by atoms with van der Waals surface area (Å²) in [6, 6.07) is 5.53. The first-order valence-electron chi connectivity index (χ1n) is 10.2. The molecule has 0 bridgehead atoms. The summed E-state index contributed by atoms with van der Waals surface area (Å²) in [6.45, 7) is 5.35. The lowest BCUT2D eigenvalue weighted by atomic mass is 10.0. The van der Waals surface area contributed by atoms with Crippen molar-refractivity contribution in [2.24, 2.45) is 5.92 Å². The molecule has 10 heteroatoms. The maximum Gasteiger partial charge on any atom is 0.251 e. The molecule has 1 atom stereocenters. The van der Waals surface area contributed by atoms with Crippen LogP contribution < -0.4 is 5.32 Å². The molecule has 2 aliphatic rings. The number of benzene rings is 1. The smallest absolute Gasteiger partial charge is 0.251 e. The number of carbonyl (C=O) groups excluding carboxylic acids is 1. The van der Waals surface area contributed by atoms with Crippen molar-refractivity contribution in [1.82, 2.24) is 19.8 Å². The molecule has 2 aromatic rings. The van der Waals surface area contributed by atoms with Gasteiger partial charge < -0.3 is 14.6 Å². The molecule has 1 saturated heterocycles. The Bertz CT molecular complexity index is 992. The van der Waals surface area contributed by atoms with Gasteiger partial charge in [-0.15, -0.1) is 0 Å². The first-order valence-corrected chi connectivity index (χ1v) is 11.6. The Labute approximate surface area is 175 Å². The molecule has 1 aromatic carbocycles. The van der Waals surface area contributed by atoms with Crippen molar-refractivity contribution in [3.05, 3.63) is 41.5 Å². The molecule has 162 valence electrons. The molecular weight excluding hydrogens is 408 g/mol. The Morgan fingerprint density at radius 3 is 2.43 bits per heavy atom. The number of aromatic nitrogens is 2. The maximum absolute atomic E-state index is 12.8. The second kappa shape index (κ2) is 8.44. The van der Waals surface area contributed by atoms with Crippen molar-refractivity contribution in [3.63, 3.8) is 0 Å². The predicted molar refractivity (Wildman–Crippen MR) is 107 cm³/mol. The molecule has 30 heavy (non-hydrogen) atoms. The molecule has 1 aromatic heterocycles. The Hall–Kier alpha value is -2.30. The van der Waals surface area contributed by atoms with E-state index in [1.165, 1.54) is 28.6 Å². The molecule has 9 nitrogen and oxygen atoms in total. The fourth-order valence-corrected chi connectivity index (χ4v) is 4.74. The zero-order valence-corrected chi connectivity index (χ0v) is 17.9. The summed E-state index contributed by atoms with van der Waals surface area (Å²) in [5.74, 6) is 1.18. The minimum Gasteiger partial charge on any atom is -0.379 e. The minimum absolute atomic E-state index is 0.0439. The van der Waals surface area contributed by atoms with E-state index in [-0.39, 0.29) is 16.7 Å². The van der Waals surface area contributed by atoms with Crippen molar-refractivity contribution in [2.75, 3.05) is 26.3 Å². The standard InChI is InChI=1S/C20H26N4O5S/c1-13(2)17(20-22-18(23-29-20)14-3-4-14)21-19(25)15-5-7-16(8-6-15)30(26,27)24-9-11-28-12-10-24/h5-8,13-14,17H,3-4,9-12H2,1-2H3,(H,21,25). The van der Waals surface area contributed by atoms with E-state index in [0.29, 0.717) is 49.5 Å². The normalized spacial score (nSPS) is 19.0. The fourth-order valence-electron chi connectivity index (χ4n) is 3.33. The predicted octanol–water partition coefficient (Wildman–Crippen LogP) is 2.09. The number of sulfonamides is 1. The van der Waals surface area contributed by atoms with Crippen LogP contribution in [0.25, 0.3) is 0 Å². The van der Waals surface area contributed by atoms with Crippen LogP contribution >= 0.6 is 0 Å². The van der Waals surface area contributed by atoms with Crippen molar-refractivity contribution < 1.29 is 22.5 Å². The number of carbonyl (C=O) groups is 1. The quantitative estimate of drug-likeness (QED) is 0.709. The largest absolute Gasteiger partial charge is 0.379 e. The fraction of sp³-hybridized carbons (Fsp3) is 0.550. The number of hydrogen-bond donors (Lipinski definition) is 1. The third-order valence-electron chi connectivity index (χ3n) is 5.34. The van der Waals surface area contributed by atoms with Crippen LogP contribution in [0.15, 0.2) is 33.7 Å². The Morgan fingerprint density at radius 2 is 1.83 bits per heavy atom. The Morgan fingerprint density at radius 1 is 1.17 bits per heavy atom. The molecule has 2 fully saturated rings. The molecule has 1 saturated carbocycles. The first-order chi connectivity index (χ1) is 14.4. The van der Waals surface area contributed by atoms with Crippen molar-refractivity contribution >= 4 is 15.9 Å². The second-order valence-corrected chi connectivity index (χ2v) is 9.94. The summed E-state index contributed by atoms with van der Waals surface area (Å²) < 4.78 is 37.4. The van der Waals surface area contributed by atoms with Gasteiger partial charge in [-0.3, -0.25) is 4.79 Å². The van der Waals surface area contributed by atoms with Crippen molar-refractivity contribution in [2.45, 2.75) is 43.5 Å². The van der Waals surface area contributed by atoms with Crippen LogP contribution in [0.5, 0.6) is 0 Å². The highest BCUT2D eigenvalue weighted by molar-refractivity contribution is 7.89. The molecule has 1 aliphatic carbocycles. The monoisotopic (exact) mass is 434 g/mol. The zero-order valence-electron chi connectivity index (χ0n) is 17.1. The van der Waals surface area contributed by atoms with E-state index in [1.54, 1.807) is 0 Å². The van der Waals surface area contributed by atoms with E-state index in [2.05, 4.69) is 15.5 Å². The number of amides is 1. The summed E-state index contributed by atoms with van der Waals surface area (Å²) in [5.41, 5.74) is 0.364. The van der Waals surface area contributed by atoms with E-state index in [9.17, 15) is 13.2 Å². The van der Waals surface area contributed by atoms with Crippen LogP contribution in [0, 0.1) is 5.92 Å². The zero-order chi connectivity index (χ0) is 21.3. The third kappa shape index (κ3) is 4.40. The van der Waals surface area contributed by atoms with Gasteiger partial charge in [0.2, 0.25) is 15.9 Å². The molecular formula is C20H26N4O5S. The summed E-state index contributed by atoms with van der Waals surface area (Å²) in [5, 5.41) is 6.96. The number of hydrogen-bond acceptors (Lipinski definition) is 7. The Balaban J connectivity index is 1.46. The van der Waals surface area contributed by atoms with Gasteiger partial charge in [-0.1, -0.05) is 19.0 Å². The highest BCUT2D eigenvalue weighted by Gasteiger charge is 2.32. The maximum atomic E-state index is 12.8. The van der Waals surface area contributed by atoms with Crippen LogP contribution in [0.2, 0.25) is 0 Å². The Kier molecular flexibility index (Phi) is 5.90. The van der Waals surface area contributed by atoms with Crippen molar-refractivity contribution in [1.29, 1.82) is 0 Å². The number of morpholine rings is 1. The van der Waals surface area contributed by atoms with Gasteiger partial charge in [0, 0.05) is 24.6 Å². The number of nitrogens with one attached hydrogen (secondary N) is 1. The lowest BCUT2D eigenvalue weighted by Crippen LogP contribution is -2.40. The average molecular weight is 435 g/mol. The minimum atomic E-state index is -3.60. The summed E-state index contributed by atoms with van der Waals surface area (Å²) in [6.07, 6.45) is 2.13. The van der Waals surface area contributed by atoms with Crippen LogP contribution in [-0.2, 0) is 14.8 Å². The van der Waals surface area contributed by atoms with Gasteiger partial charge in [-0.2, -0.15) is 9.29 Å². The molecule has 4 rings (SSSR count). The first kappa shape index (κ1) is 21.0. The lowest BCUT2D eigenvalue weighted by Gasteiger charge is -2.26. The second-order valence-electron chi connectivity index (χ2n) is 8.00. The lowest BCUT2D eigenvalue weighted by molar-refractivity contribution is 0.0730. The van der Waals surface area contributed by atoms with Gasteiger partial charge >= 0.3 is 0 Å². The van der Waals surface area contributed by atoms with Gasteiger partial charge in [0.15, 0.2) is 5.82 Å². The molecule has 1 aliphatic heterocycles. The highest BCUT2D eigenvalue weighted by atomic mass is 32.2. The SMILES string of the molecule is CC(C)C(NC(=O)c1ccc(S(=O)(=O)N2CCOCC2)cc1)c1nc(C2CC2)no1. The van der Waals surface area contributed by atoms with Crippen LogP contribution in [-0.4, -0.2) is 55.1 Å². The van der Waals surface area contributed by atoms with Crippen LogP contribution in [0.1, 0.15) is 60.7 Å². The number of nitrogens with zero attached hydrogens (tertiary/aromatic N) is 3. The molecule has 2 heterocycles. The third-order valence-corrected chi connectivity index (χ3v) is 7.26. The van der Waals surface area contributed by atoms with Crippen LogP contribution in [0.4, 0.5) is 0 Å². The number of ether oxygens (including phenoxy) is 1. The summed E-state index contributed by atoms with van der Waals surface area (Å²) in [4.78, 5) is 17.4. The van der Waals surface area contributed by atoms with Gasteiger partial charge in [-0.05, 0) is 43.0 Å². The van der Waals surface area contributed by atoms with Gasteiger partial charge in [-0.25, -0.2) is 8.42 Å². The molecule has 1 amide bonds. The average Bonchev–Trinajstić information content (AvgIpc) is 3.49. The van der Waals surface area contributed by atoms with Crippen LogP contribution in [0.3, 0.4) is 0 Å². The van der Waals surface area contributed by atoms with E-state index in [1.807, 2.05) is 13.8 Å².